The number of hydrogen-bond acceptors (Lipinski definition) is 5. The molecule has 1 rings (SSSR count). The first kappa shape index (κ1) is 16.5. The molecule has 7 heteroatoms. The van der Waals surface area contributed by atoms with Gasteiger partial charge in [-0.25, -0.2) is 4.39 Å². The van der Waals surface area contributed by atoms with Crippen LogP contribution in [0.4, 0.5) is 4.39 Å². The van der Waals surface area contributed by atoms with E-state index in [9.17, 15) is 14.5 Å². The van der Waals surface area contributed by atoms with Gasteiger partial charge in [-0.3, -0.25) is 10.1 Å². The maximum absolute atomic E-state index is 12.7. The van der Waals surface area contributed by atoms with Gasteiger partial charge in [0.1, 0.15) is 12.4 Å². The second kappa shape index (κ2) is 7.28. The molecule has 0 bridgehead atoms. The van der Waals surface area contributed by atoms with Crippen molar-refractivity contribution in [3.63, 3.8) is 0 Å². The molecule has 0 aliphatic carbocycles. The monoisotopic (exact) mass is 297 g/mol. The molecule has 0 aliphatic rings. The Morgan fingerprint density at radius 2 is 1.90 bits per heavy atom. The summed E-state index contributed by atoms with van der Waals surface area (Å²) in [4.78, 5) is 10.2. The molecule has 0 spiro atoms. The van der Waals surface area contributed by atoms with E-state index >= 15 is 0 Å². The highest BCUT2D eigenvalue weighted by atomic mass is 19.1. The van der Waals surface area contributed by atoms with Gasteiger partial charge in [0.2, 0.25) is 11.4 Å². The van der Waals surface area contributed by atoms with Crippen LogP contribution in [0.2, 0.25) is 0 Å². The van der Waals surface area contributed by atoms with E-state index in [1.54, 1.807) is 0 Å². The minimum absolute atomic E-state index is 0.0371. The number of nitro groups is 1. The number of halogens is 1. The fraction of sp³-hybridized carbons (Fsp3) is 0.286. The average Bonchev–Trinajstić information content (AvgIpc) is 2.44. The highest BCUT2D eigenvalue weighted by Gasteiger charge is 2.15. The summed E-state index contributed by atoms with van der Waals surface area (Å²) in [7, 11) is 2.81. The molecule has 114 valence electrons. The Kier molecular flexibility index (Phi) is 5.71. The van der Waals surface area contributed by atoms with Crippen molar-refractivity contribution in [2.24, 2.45) is 0 Å². The van der Waals surface area contributed by atoms with Crippen molar-refractivity contribution in [1.82, 2.24) is 0 Å². The molecule has 0 saturated heterocycles. The third-order valence-electron chi connectivity index (χ3n) is 2.52. The second-order valence-corrected chi connectivity index (χ2v) is 4.10. The van der Waals surface area contributed by atoms with Gasteiger partial charge >= 0.3 is 0 Å². The molecule has 0 fully saturated rings. The first-order valence-corrected chi connectivity index (χ1v) is 5.93. The van der Waals surface area contributed by atoms with Gasteiger partial charge < -0.3 is 14.2 Å². The number of hydrogen-bond donors (Lipinski definition) is 0. The van der Waals surface area contributed by atoms with Crippen LogP contribution in [0.1, 0.15) is 12.5 Å². The highest BCUT2D eigenvalue weighted by Crippen LogP contribution is 2.39. The molecular weight excluding hydrogens is 281 g/mol. The lowest BCUT2D eigenvalue weighted by molar-refractivity contribution is -0.422. The molecule has 0 radical (unpaired) electrons. The van der Waals surface area contributed by atoms with Gasteiger partial charge in [-0.15, -0.1) is 0 Å². The van der Waals surface area contributed by atoms with E-state index in [4.69, 9.17) is 14.2 Å². The molecule has 0 aromatic heterocycles. The molecule has 6 nitrogen and oxygen atoms in total. The lowest BCUT2D eigenvalue weighted by Crippen LogP contribution is -2.02. The van der Waals surface area contributed by atoms with Crippen molar-refractivity contribution in [2.45, 2.75) is 6.92 Å². The summed E-state index contributed by atoms with van der Waals surface area (Å²) in [6, 6.07) is 3.07. The van der Waals surface area contributed by atoms with E-state index in [1.807, 2.05) is 0 Å². The fourth-order valence-corrected chi connectivity index (χ4v) is 1.57. The van der Waals surface area contributed by atoms with Crippen LogP contribution in [-0.2, 0) is 0 Å². The van der Waals surface area contributed by atoms with Crippen molar-refractivity contribution in [3.05, 3.63) is 45.9 Å². The van der Waals surface area contributed by atoms with Gasteiger partial charge in [0.05, 0.1) is 19.1 Å². The lowest BCUT2D eigenvalue weighted by Gasteiger charge is -2.14. The second-order valence-electron chi connectivity index (χ2n) is 4.10. The van der Waals surface area contributed by atoms with E-state index in [2.05, 4.69) is 6.58 Å². The van der Waals surface area contributed by atoms with Crippen LogP contribution in [0.25, 0.3) is 6.08 Å². The predicted molar refractivity (Wildman–Crippen MR) is 75.9 cm³/mol. The molecule has 0 aliphatic heterocycles. The Morgan fingerprint density at radius 1 is 1.38 bits per heavy atom. The zero-order valence-electron chi connectivity index (χ0n) is 12.0. The fourth-order valence-electron chi connectivity index (χ4n) is 1.57. The van der Waals surface area contributed by atoms with Crippen molar-refractivity contribution >= 4 is 6.08 Å². The van der Waals surface area contributed by atoms with Gasteiger partial charge in [0.25, 0.3) is 0 Å². The summed E-state index contributed by atoms with van der Waals surface area (Å²) in [6.07, 6.45) is 1.36. The van der Waals surface area contributed by atoms with Gasteiger partial charge in [-0.1, -0.05) is 6.58 Å². The summed E-state index contributed by atoms with van der Waals surface area (Å²) >= 11 is 0. The number of rotatable bonds is 7. The zero-order chi connectivity index (χ0) is 16.0. The molecule has 0 unspecified atom stereocenters. The summed E-state index contributed by atoms with van der Waals surface area (Å²) < 4.78 is 28.2. The SMILES string of the molecule is C=C(F)COc1c(OC)cc(C=C(C)[N+](=O)[O-])cc1OC. The number of methoxy groups -OCH3 is 2. The first-order valence-electron chi connectivity index (χ1n) is 5.93. The van der Waals surface area contributed by atoms with Gasteiger partial charge in [0.15, 0.2) is 11.5 Å². The Hall–Kier alpha value is -2.57. The van der Waals surface area contributed by atoms with E-state index in [-0.39, 0.29) is 29.6 Å². The smallest absolute Gasteiger partial charge is 0.243 e. The Balaban J connectivity index is 3.26. The van der Waals surface area contributed by atoms with Gasteiger partial charge in [-0.05, 0) is 17.7 Å². The molecule has 0 heterocycles. The summed E-state index contributed by atoms with van der Waals surface area (Å²) in [6.45, 7) is 4.13. The molecule has 0 amide bonds. The first-order chi connectivity index (χ1) is 9.88. The molecule has 1 aromatic rings. The summed E-state index contributed by atoms with van der Waals surface area (Å²) in [5, 5.41) is 10.7. The molecular formula is C14H16FNO5. The van der Waals surface area contributed by atoms with Crippen LogP contribution in [0.5, 0.6) is 17.2 Å². The van der Waals surface area contributed by atoms with Crippen molar-refractivity contribution in [1.29, 1.82) is 0 Å². The van der Waals surface area contributed by atoms with Crippen LogP contribution < -0.4 is 14.2 Å². The standard InChI is InChI=1S/C14H16FNO5/c1-9(15)8-21-14-12(19-3)6-11(7-13(14)20-4)5-10(2)16(17)18/h5-7H,1,8H2,2-4H3. The van der Waals surface area contributed by atoms with E-state index in [0.717, 1.165) is 0 Å². The zero-order valence-corrected chi connectivity index (χ0v) is 12.0. The van der Waals surface area contributed by atoms with Crippen LogP contribution >= 0.6 is 0 Å². The number of ether oxygens (including phenoxy) is 3. The molecule has 1 aromatic carbocycles. The van der Waals surface area contributed by atoms with Gasteiger partial charge in [0, 0.05) is 13.0 Å². The van der Waals surface area contributed by atoms with Crippen LogP contribution in [0.3, 0.4) is 0 Å². The Labute approximate surface area is 121 Å². The average molecular weight is 297 g/mol. The summed E-state index contributed by atoms with van der Waals surface area (Å²) in [5.41, 5.74) is 0.467. The van der Waals surface area contributed by atoms with Crippen molar-refractivity contribution < 1.29 is 23.5 Å². The molecule has 0 saturated carbocycles. The number of benzene rings is 1. The van der Waals surface area contributed by atoms with E-state index in [0.29, 0.717) is 5.56 Å². The Morgan fingerprint density at radius 3 is 2.29 bits per heavy atom. The third-order valence-corrected chi connectivity index (χ3v) is 2.52. The van der Waals surface area contributed by atoms with E-state index < -0.39 is 10.8 Å². The maximum Gasteiger partial charge on any atom is 0.243 e. The van der Waals surface area contributed by atoms with Crippen LogP contribution in [-0.4, -0.2) is 25.7 Å². The molecule has 0 N–H and O–H groups in total. The normalized spacial score (nSPS) is 11.0. The quantitative estimate of drug-likeness (QED) is 0.571. The lowest BCUT2D eigenvalue weighted by atomic mass is 10.1. The predicted octanol–water partition coefficient (Wildman–Crippen LogP) is 3.20. The maximum atomic E-state index is 12.7. The summed E-state index contributed by atoms with van der Waals surface area (Å²) in [5.74, 6) is 0.109. The van der Waals surface area contributed by atoms with Crippen LogP contribution in [0, 0.1) is 10.1 Å². The number of nitrogens with zero attached hydrogens (tertiary/aromatic N) is 1. The minimum Gasteiger partial charge on any atom is -0.493 e. The highest BCUT2D eigenvalue weighted by molar-refractivity contribution is 5.62. The topological polar surface area (TPSA) is 70.8 Å². The third kappa shape index (κ3) is 4.48. The van der Waals surface area contributed by atoms with Crippen LogP contribution in [0.15, 0.2) is 30.2 Å². The Bertz CT molecular complexity index is 558. The van der Waals surface area contributed by atoms with Crippen molar-refractivity contribution in [3.8, 4) is 17.2 Å². The molecule has 21 heavy (non-hydrogen) atoms. The largest absolute Gasteiger partial charge is 0.493 e. The minimum atomic E-state index is -0.646. The molecule has 0 atom stereocenters. The van der Waals surface area contributed by atoms with Crippen molar-refractivity contribution in [2.75, 3.05) is 20.8 Å². The van der Waals surface area contributed by atoms with E-state index in [1.165, 1.54) is 39.4 Å². The van der Waals surface area contributed by atoms with Gasteiger partial charge in [-0.2, -0.15) is 0 Å². The number of allylic oxidation sites excluding steroid dienone is 1.